The fourth-order valence-electron chi connectivity index (χ4n) is 2.43. The lowest BCUT2D eigenvalue weighted by molar-refractivity contribution is -0.131. The summed E-state index contributed by atoms with van der Waals surface area (Å²) in [7, 11) is 1.86. The normalized spacial score (nSPS) is 15.8. The van der Waals surface area contributed by atoms with Crippen LogP contribution in [-0.2, 0) is 4.79 Å². The van der Waals surface area contributed by atoms with E-state index in [4.69, 9.17) is 4.74 Å². The van der Waals surface area contributed by atoms with Crippen LogP contribution in [0.2, 0.25) is 0 Å². The van der Waals surface area contributed by atoms with Crippen LogP contribution >= 0.6 is 0 Å². The number of piperidine rings is 1. The number of nitrogens with zero attached hydrogens (tertiary/aromatic N) is 1. The van der Waals surface area contributed by atoms with E-state index in [1.54, 1.807) is 4.90 Å². The van der Waals surface area contributed by atoms with E-state index in [0.29, 0.717) is 25.5 Å². The van der Waals surface area contributed by atoms with Gasteiger partial charge in [-0.15, -0.1) is 0 Å². The number of hydrogen-bond acceptors (Lipinski definition) is 3. The second-order valence-corrected chi connectivity index (χ2v) is 5.37. The molecule has 1 fully saturated rings. The molecule has 4 heteroatoms. The van der Waals surface area contributed by atoms with Crippen molar-refractivity contribution in [3.05, 3.63) is 30.3 Å². The molecular formula is C16H24N2O2. The van der Waals surface area contributed by atoms with Crippen LogP contribution in [-0.4, -0.2) is 44.1 Å². The Bertz CT molecular complexity index is 402. The molecule has 20 heavy (non-hydrogen) atoms. The Morgan fingerprint density at radius 1 is 1.30 bits per heavy atom. The standard InChI is InChI=1S/C16H24N2O2/c1-18(11-12-20-15-5-3-2-4-6-15)16(19)13-14-7-9-17-10-8-14/h2-6,14,17H,7-13H2,1H3. The number of amides is 1. The lowest BCUT2D eigenvalue weighted by Gasteiger charge is -2.25. The van der Waals surface area contributed by atoms with Gasteiger partial charge in [0.15, 0.2) is 0 Å². The first kappa shape index (κ1) is 14.9. The molecular weight excluding hydrogens is 252 g/mol. The molecule has 1 aliphatic heterocycles. The summed E-state index contributed by atoms with van der Waals surface area (Å²) >= 11 is 0. The minimum absolute atomic E-state index is 0.230. The average molecular weight is 276 g/mol. The second-order valence-electron chi connectivity index (χ2n) is 5.37. The molecule has 0 saturated carbocycles. The monoisotopic (exact) mass is 276 g/mol. The maximum Gasteiger partial charge on any atom is 0.222 e. The fourth-order valence-corrected chi connectivity index (χ4v) is 2.43. The predicted octanol–water partition coefficient (Wildman–Crippen LogP) is 1.91. The summed E-state index contributed by atoms with van der Waals surface area (Å²) in [6, 6.07) is 9.71. The topological polar surface area (TPSA) is 41.6 Å². The number of carbonyl (C=O) groups excluding carboxylic acids is 1. The van der Waals surface area contributed by atoms with Crippen molar-refractivity contribution in [3.8, 4) is 5.75 Å². The third-order valence-corrected chi connectivity index (χ3v) is 3.79. The summed E-state index contributed by atoms with van der Waals surface area (Å²) < 4.78 is 5.61. The molecule has 0 spiro atoms. The highest BCUT2D eigenvalue weighted by Gasteiger charge is 2.18. The molecule has 1 aliphatic rings. The SMILES string of the molecule is CN(CCOc1ccccc1)C(=O)CC1CCNCC1. The fraction of sp³-hybridized carbons (Fsp3) is 0.562. The van der Waals surface area contributed by atoms with Crippen molar-refractivity contribution in [2.24, 2.45) is 5.92 Å². The van der Waals surface area contributed by atoms with Gasteiger partial charge in [0.05, 0.1) is 6.54 Å². The first-order valence-electron chi connectivity index (χ1n) is 7.38. The van der Waals surface area contributed by atoms with E-state index in [1.165, 1.54) is 0 Å². The molecule has 2 rings (SSSR count). The van der Waals surface area contributed by atoms with Crippen molar-refractivity contribution in [1.29, 1.82) is 0 Å². The maximum absolute atomic E-state index is 12.1. The molecule has 0 aliphatic carbocycles. The molecule has 4 nitrogen and oxygen atoms in total. The van der Waals surface area contributed by atoms with Gasteiger partial charge in [-0.2, -0.15) is 0 Å². The van der Waals surface area contributed by atoms with Crippen LogP contribution in [0.1, 0.15) is 19.3 Å². The van der Waals surface area contributed by atoms with Gasteiger partial charge in [-0.3, -0.25) is 4.79 Å². The molecule has 1 N–H and O–H groups in total. The average Bonchev–Trinajstić information content (AvgIpc) is 2.49. The Labute approximate surface area is 121 Å². The van der Waals surface area contributed by atoms with Crippen molar-refractivity contribution in [1.82, 2.24) is 10.2 Å². The van der Waals surface area contributed by atoms with E-state index in [-0.39, 0.29) is 5.91 Å². The minimum atomic E-state index is 0.230. The minimum Gasteiger partial charge on any atom is -0.492 e. The zero-order chi connectivity index (χ0) is 14.2. The number of nitrogens with one attached hydrogen (secondary N) is 1. The lowest BCUT2D eigenvalue weighted by atomic mass is 9.94. The highest BCUT2D eigenvalue weighted by atomic mass is 16.5. The van der Waals surface area contributed by atoms with Crippen molar-refractivity contribution >= 4 is 5.91 Å². The smallest absolute Gasteiger partial charge is 0.222 e. The number of likely N-dealkylation sites (N-methyl/N-ethyl adjacent to an activating group) is 1. The number of benzene rings is 1. The van der Waals surface area contributed by atoms with Crippen LogP contribution < -0.4 is 10.1 Å². The van der Waals surface area contributed by atoms with Gasteiger partial charge in [-0.25, -0.2) is 0 Å². The molecule has 1 saturated heterocycles. The molecule has 1 amide bonds. The molecule has 0 bridgehead atoms. The summed E-state index contributed by atoms with van der Waals surface area (Å²) in [4.78, 5) is 13.9. The molecule has 110 valence electrons. The second kappa shape index (κ2) is 7.90. The van der Waals surface area contributed by atoms with Crippen LogP contribution in [0.25, 0.3) is 0 Å². The summed E-state index contributed by atoms with van der Waals surface area (Å²) in [5.41, 5.74) is 0. The van der Waals surface area contributed by atoms with E-state index >= 15 is 0 Å². The van der Waals surface area contributed by atoms with Gasteiger partial charge in [0, 0.05) is 13.5 Å². The Kier molecular flexibility index (Phi) is 5.87. The zero-order valence-corrected chi connectivity index (χ0v) is 12.2. The molecule has 1 aromatic rings. The van der Waals surface area contributed by atoms with Crippen molar-refractivity contribution < 1.29 is 9.53 Å². The Morgan fingerprint density at radius 3 is 2.70 bits per heavy atom. The largest absolute Gasteiger partial charge is 0.492 e. The van der Waals surface area contributed by atoms with Crippen LogP contribution in [0.5, 0.6) is 5.75 Å². The number of ether oxygens (including phenoxy) is 1. The molecule has 1 aromatic carbocycles. The molecule has 0 atom stereocenters. The first-order chi connectivity index (χ1) is 9.75. The van der Waals surface area contributed by atoms with Crippen molar-refractivity contribution in [3.63, 3.8) is 0 Å². The zero-order valence-electron chi connectivity index (χ0n) is 12.2. The van der Waals surface area contributed by atoms with Crippen LogP contribution in [0.4, 0.5) is 0 Å². The Hall–Kier alpha value is -1.55. The third-order valence-electron chi connectivity index (χ3n) is 3.79. The lowest BCUT2D eigenvalue weighted by Crippen LogP contribution is -2.35. The number of carbonyl (C=O) groups is 1. The summed E-state index contributed by atoms with van der Waals surface area (Å²) in [5, 5.41) is 3.32. The summed E-state index contributed by atoms with van der Waals surface area (Å²) in [6.45, 7) is 3.26. The van der Waals surface area contributed by atoms with Crippen LogP contribution in [0, 0.1) is 5.92 Å². The van der Waals surface area contributed by atoms with Gasteiger partial charge in [-0.05, 0) is 44.0 Å². The number of para-hydroxylation sites is 1. The van der Waals surface area contributed by atoms with E-state index in [0.717, 1.165) is 31.7 Å². The van der Waals surface area contributed by atoms with Gasteiger partial charge < -0.3 is 15.0 Å². The van der Waals surface area contributed by atoms with Gasteiger partial charge >= 0.3 is 0 Å². The van der Waals surface area contributed by atoms with E-state index < -0.39 is 0 Å². The summed E-state index contributed by atoms with van der Waals surface area (Å²) in [5.74, 6) is 1.63. The highest BCUT2D eigenvalue weighted by molar-refractivity contribution is 5.76. The Morgan fingerprint density at radius 2 is 2.00 bits per heavy atom. The van der Waals surface area contributed by atoms with Gasteiger partial charge in [-0.1, -0.05) is 18.2 Å². The highest BCUT2D eigenvalue weighted by Crippen LogP contribution is 2.16. The molecule has 1 heterocycles. The molecule has 0 aromatic heterocycles. The Balaban J connectivity index is 1.65. The van der Waals surface area contributed by atoms with Crippen LogP contribution in [0.3, 0.4) is 0 Å². The third kappa shape index (κ3) is 4.85. The molecule has 0 unspecified atom stereocenters. The van der Waals surface area contributed by atoms with Crippen molar-refractivity contribution in [2.45, 2.75) is 19.3 Å². The van der Waals surface area contributed by atoms with Crippen molar-refractivity contribution in [2.75, 3.05) is 33.3 Å². The summed E-state index contributed by atoms with van der Waals surface area (Å²) in [6.07, 6.45) is 2.89. The maximum atomic E-state index is 12.1. The predicted molar refractivity (Wildman–Crippen MR) is 79.8 cm³/mol. The first-order valence-corrected chi connectivity index (χ1v) is 7.38. The number of hydrogen-bond donors (Lipinski definition) is 1. The molecule has 0 radical (unpaired) electrons. The number of rotatable bonds is 6. The van der Waals surface area contributed by atoms with Gasteiger partial charge in [0.1, 0.15) is 12.4 Å². The van der Waals surface area contributed by atoms with Gasteiger partial charge in [0.25, 0.3) is 0 Å². The van der Waals surface area contributed by atoms with Crippen LogP contribution in [0.15, 0.2) is 30.3 Å². The van der Waals surface area contributed by atoms with E-state index in [9.17, 15) is 4.79 Å². The quantitative estimate of drug-likeness (QED) is 0.863. The van der Waals surface area contributed by atoms with E-state index in [2.05, 4.69) is 5.32 Å². The van der Waals surface area contributed by atoms with Gasteiger partial charge in [0.2, 0.25) is 5.91 Å². The van der Waals surface area contributed by atoms with E-state index in [1.807, 2.05) is 37.4 Å².